The van der Waals surface area contributed by atoms with E-state index in [2.05, 4.69) is 14.5 Å². The van der Waals surface area contributed by atoms with Gasteiger partial charge < -0.3 is 19.8 Å². The average Bonchev–Trinajstić information content (AvgIpc) is 3.35. The highest BCUT2D eigenvalue weighted by molar-refractivity contribution is 7.11. The number of pyridine rings is 1. The first-order chi connectivity index (χ1) is 17.8. The van der Waals surface area contributed by atoms with Crippen molar-refractivity contribution < 1.29 is 36.9 Å². The summed E-state index contributed by atoms with van der Waals surface area (Å²) in [6.07, 6.45) is 4.09. The number of hydrogen-bond donors (Lipinski definition) is 1. The zero-order chi connectivity index (χ0) is 26.4. The fourth-order valence-electron chi connectivity index (χ4n) is 3.84. The number of rotatable bonds is 11. The third kappa shape index (κ3) is 7.17. The highest BCUT2D eigenvalue weighted by atomic mass is 32.1. The van der Waals surface area contributed by atoms with Gasteiger partial charge in [-0.05, 0) is 35.2 Å². The SMILES string of the molecule is [O-][n+]1ccc(CC(c2ccc(OC(F)F)c(OC(F)F)c2)c2ncc(C(O)Cc3ccccc3)s2)cc1. The van der Waals surface area contributed by atoms with Crippen LogP contribution in [0.3, 0.4) is 0 Å². The maximum atomic E-state index is 13.0. The third-order valence-corrected chi connectivity index (χ3v) is 6.77. The van der Waals surface area contributed by atoms with E-state index < -0.39 is 36.7 Å². The van der Waals surface area contributed by atoms with Crippen molar-refractivity contribution in [3.05, 3.63) is 111 Å². The average molecular weight is 535 g/mol. The first kappa shape index (κ1) is 26.4. The topological polar surface area (TPSA) is 78.5 Å². The Kier molecular flexibility index (Phi) is 8.57. The summed E-state index contributed by atoms with van der Waals surface area (Å²) in [5.74, 6) is -1.59. The van der Waals surface area contributed by atoms with Crippen molar-refractivity contribution in [3.63, 3.8) is 0 Å². The molecule has 2 unspecified atom stereocenters. The largest absolute Gasteiger partial charge is 0.619 e. The van der Waals surface area contributed by atoms with Gasteiger partial charge in [-0.25, -0.2) is 4.98 Å². The molecule has 0 bridgehead atoms. The number of aliphatic hydroxyl groups is 1. The minimum atomic E-state index is -3.25. The van der Waals surface area contributed by atoms with Crippen LogP contribution in [0, 0.1) is 5.21 Å². The normalized spacial score (nSPS) is 13.1. The van der Waals surface area contributed by atoms with Crippen molar-refractivity contribution in [1.29, 1.82) is 0 Å². The smallest absolute Gasteiger partial charge is 0.387 e. The Hall–Kier alpha value is -3.70. The van der Waals surface area contributed by atoms with E-state index in [9.17, 15) is 27.9 Å². The Morgan fingerprint density at radius 3 is 2.19 bits per heavy atom. The molecule has 0 saturated heterocycles. The van der Waals surface area contributed by atoms with E-state index in [0.717, 1.165) is 17.2 Å². The van der Waals surface area contributed by atoms with Crippen molar-refractivity contribution >= 4 is 11.3 Å². The van der Waals surface area contributed by atoms with Crippen LogP contribution in [0.15, 0.2) is 79.3 Å². The van der Waals surface area contributed by atoms with E-state index in [1.165, 1.54) is 35.9 Å². The van der Waals surface area contributed by atoms with Gasteiger partial charge in [-0.15, -0.1) is 11.3 Å². The van der Waals surface area contributed by atoms with Crippen LogP contribution in [-0.2, 0) is 12.8 Å². The summed E-state index contributed by atoms with van der Waals surface area (Å²) >= 11 is 1.25. The number of hydrogen-bond acceptors (Lipinski definition) is 6. The van der Waals surface area contributed by atoms with Crippen molar-refractivity contribution in [1.82, 2.24) is 4.98 Å². The molecule has 0 amide bonds. The predicted molar refractivity (Wildman–Crippen MR) is 128 cm³/mol. The second-order valence-corrected chi connectivity index (χ2v) is 9.19. The van der Waals surface area contributed by atoms with Gasteiger partial charge in [-0.3, -0.25) is 0 Å². The number of benzene rings is 2. The van der Waals surface area contributed by atoms with Gasteiger partial charge in [0.15, 0.2) is 23.9 Å². The van der Waals surface area contributed by atoms with Gasteiger partial charge in [0.2, 0.25) is 0 Å². The summed E-state index contributed by atoms with van der Waals surface area (Å²) in [6, 6.07) is 16.5. The number of halogens is 4. The Labute approximate surface area is 214 Å². The lowest BCUT2D eigenvalue weighted by molar-refractivity contribution is -0.605. The summed E-state index contributed by atoms with van der Waals surface area (Å²) in [4.78, 5) is 5.09. The number of ether oxygens (including phenoxy) is 2. The highest BCUT2D eigenvalue weighted by Crippen LogP contribution is 2.39. The molecule has 2 heterocycles. The van der Waals surface area contributed by atoms with Crippen LogP contribution >= 0.6 is 11.3 Å². The minimum Gasteiger partial charge on any atom is -0.619 e. The molecule has 11 heteroatoms. The zero-order valence-electron chi connectivity index (χ0n) is 19.2. The first-order valence-electron chi connectivity index (χ1n) is 11.2. The molecule has 194 valence electrons. The highest BCUT2D eigenvalue weighted by Gasteiger charge is 2.24. The van der Waals surface area contributed by atoms with Crippen molar-refractivity contribution in [3.8, 4) is 11.5 Å². The molecular formula is C26H22F4N2O4S. The lowest BCUT2D eigenvalue weighted by Gasteiger charge is -2.18. The molecule has 0 aliphatic carbocycles. The molecule has 2 aromatic heterocycles. The Balaban J connectivity index is 1.68. The van der Waals surface area contributed by atoms with Crippen LogP contribution in [0.1, 0.15) is 38.6 Å². The summed E-state index contributed by atoms with van der Waals surface area (Å²) in [7, 11) is 0. The Morgan fingerprint density at radius 1 is 0.865 bits per heavy atom. The second kappa shape index (κ2) is 12.0. The maximum Gasteiger partial charge on any atom is 0.387 e. The van der Waals surface area contributed by atoms with Crippen LogP contribution in [0.5, 0.6) is 11.5 Å². The van der Waals surface area contributed by atoms with Gasteiger partial charge in [-0.1, -0.05) is 36.4 Å². The quantitative estimate of drug-likeness (QED) is 0.153. The molecular weight excluding hydrogens is 512 g/mol. The van der Waals surface area contributed by atoms with Crippen LogP contribution in [0.4, 0.5) is 17.6 Å². The number of nitrogens with zero attached hydrogens (tertiary/aromatic N) is 2. The van der Waals surface area contributed by atoms with Crippen molar-refractivity contribution in [2.45, 2.75) is 38.1 Å². The molecule has 2 aromatic carbocycles. The maximum absolute atomic E-state index is 13.0. The molecule has 6 nitrogen and oxygen atoms in total. The van der Waals surface area contributed by atoms with Crippen LogP contribution in [0.25, 0.3) is 0 Å². The minimum absolute atomic E-state index is 0.311. The molecule has 0 spiro atoms. The van der Waals surface area contributed by atoms with Crippen molar-refractivity contribution in [2.24, 2.45) is 0 Å². The van der Waals surface area contributed by atoms with Crippen molar-refractivity contribution in [2.75, 3.05) is 0 Å². The zero-order valence-corrected chi connectivity index (χ0v) is 20.0. The second-order valence-electron chi connectivity index (χ2n) is 8.09. The number of thiazole rings is 1. The number of aliphatic hydroxyl groups excluding tert-OH is 1. The fraction of sp³-hybridized carbons (Fsp3) is 0.231. The van der Waals surface area contributed by atoms with E-state index in [0.29, 0.717) is 33.0 Å². The standard InChI is InChI=1S/C26H22F4N2O4S/c27-25(28)35-21-7-6-18(14-22(21)36-26(29)30)19(12-17-8-10-32(34)11-9-17)24-31-15-23(37-24)20(33)13-16-4-2-1-3-5-16/h1-11,14-15,19-20,25-26,33H,12-13H2. The van der Waals surface area contributed by atoms with E-state index in [4.69, 9.17) is 0 Å². The molecule has 37 heavy (non-hydrogen) atoms. The summed E-state index contributed by atoms with van der Waals surface area (Å²) in [5, 5.41) is 22.8. The summed E-state index contributed by atoms with van der Waals surface area (Å²) in [6.45, 7) is -6.48. The molecule has 0 saturated carbocycles. The Bertz CT molecular complexity index is 1290. The number of aromatic nitrogens is 2. The monoisotopic (exact) mass is 534 g/mol. The molecule has 0 radical (unpaired) electrons. The third-order valence-electron chi connectivity index (χ3n) is 5.55. The predicted octanol–water partition coefficient (Wildman–Crippen LogP) is 5.63. The van der Waals surface area contributed by atoms with Gasteiger partial charge in [0.25, 0.3) is 0 Å². The van der Waals surface area contributed by atoms with E-state index in [1.807, 2.05) is 30.3 Å². The van der Waals surface area contributed by atoms with Gasteiger partial charge in [0, 0.05) is 30.7 Å². The van der Waals surface area contributed by atoms with Gasteiger partial charge in [0.05, 0.1) is 11.0 Å². The van der Waals surface area contributed by atoms with E-state index in [-0.39, 0.29) is 0 Å². The first-order valence-corrected chi connectivity index (χ1v) is 12.0. The molecule has 4 aromatic rings. The summed E-state index contributed by atoms with van der Waals surface area (Å²) in [5.41, 5.74) is 2.15. The molecule has 4 rings (SSSR count). The molecule has 1 N–H and O–H groups in total. The van der Waals surface area contributed by atoms with Crippen LogP contribution in [-0.4, -0.2) is 23.3 Å². The molecule has 0 fully saturated rings. The van der Waals surface area contributed by atoms with Crippen LogP contribution < -0.4 is 14.2 Å². The lowest BCUT2D eigenvalue weighted by atomic mass is 9.92. The van der Waals surface area contributed by atoms with E-state index in [1.54, 1.807) is 18.3 Å². The van der Waals surface area contributed by atoms with Gasteiger partial charge in [0.1, 0.15) is 5.01 Å². The lowest BCUT2D eigenvalue weighted by Crippen LogP contribution is -2.24. The molecule has 0 aliphatic rings. The summed E-state index contributed by atoms with van der Waals surface area (Å²) < 4.78 is 61.0. The molecule has 0 aliphatic heterocycles. The Morgan fingerprint density at radius 2 is 1.51 bits per heavy atom. The number of alkyl halides is 4. The van der Waals surface area contributed by atoms with E-state index >= 15 is 0 Å². The fourth-order valence-corrected chi connectivity index (χ4v) is 4.87. The van der Waals surface area contributed by atoms with Gasteiger partial charge >= 0.3 is 13.2 Å². The van der Waals surface area contributed by atoms with Gasteiger partial charge in [-0.2, -0.15) is 22.3 Å². The molecule has 2 atom stereocenters. The van der Waals surface area contributed by atoms with Crippen LogP contribution in [0.2, 0.25) is 0 Å².